The molecule has 158 valence electrons. The second kappa shape index (κ2) is 7.91. The molecule has 2 aromatic carbocycles. The minimum Gasteiger partial charge on any atom is -0.493 e. The van der Waals surface area contributed by atoms with Crippen LogP contribution >= 0.6 is 0 Å². The number of nitrogens with zero attached hydrogens (tertiary/aromatic N) is 6. The van der Waals surface area contributed by atoms with Crippen molar-refractivity contribution in [2.75, 3.05) is 19.5 Å². The number of anilines is 2. The maximum absolute atomic E-state index is 12.3. The van der Waals surface area contributed by atoms with Crippen molar-refractivity contribution in [3.63, 3.8) is 0 Å². The highest BCUT2D eigenvalue weighted by Gasteiger charge is 2.16. The lowest BCUT2D eigenvalue weighted by Crippen LogP contribution is -2.11. The van der Waals surface area contributed by atoms with Crippen molar-refractivity contribution < 1.29 is 9.47 Å². The maximum atomic E-state index is 12.3. The number of hydrogen-bond donors (Lipinski definition) is 1. The molecule has 5 rings (SSSR count). The van der Waals surface area contributed by atoms with Gasteiger partial charge in [0.15, 0.2) is 23.0 Å². The van der Waals surface area contributed by atoms with Crippen molar-refractivity contribution >= 4 is 28.2 Å². The Balaban J connectivity index is 1.72. The summed E-state index contributed by atoms with van der Waals surface area (Å²) in [6.07, 6.45) is 4.16. The standard InChI is InChI=1S/C22H17N7O3/c1-31-17-8-7-13(11-18(17)32-2)19-27-20-14-5-3-4-6-15(14)25-22(29(20)28-19)26-16-12-23-9-10-24-21(16)30/h3-12H,1-2H3,(H,24,25,26,30). The number of hydrogen-bond acceptors (Lipinski definition) is 9. The molecule has 0 saturated heterocycles. The lowest BCUT2D eigenvalue weighted by molar-refractivity contribution is 0.355. The Bertz CT molecular complexity index is 1520. The zero-order valence-corrected chi connectivity index (χ0v) is 17.2. The molecule has 0 aliphatic rings. The molecule has 0 radical (unpaired) electrons. The summed E-state index contributed by atoms with van der Waals surface area (Å²) in [5, 5.41) is 8.46. The highest BCUT2D eigenvalue weighted by molar-refractivity contribution is 5.93. The molecule has 10 nitrogen and oxygen atoms in total. The molecular formula is C22H17N7O3. The first-order chi connectivity index (χ1) is 15.7. The third-order valence-electron chi connectivity index (χ3n) is 4.85. The van der Waals surface area contributed by atoms with Gasteiger partial charge in [-0.15, -0.1) is 5.10 Å². The molecule has 0 fully saturated rings. The Labute approximate surface area is 181 Å². The van der Waals surface area contributed by atoms with Gasteiger partial charge in [0, 0.05) is 23.3 Å². The Morgan fingerprint density at radius 2 is 1.81 bits per heavy atom. The number of aromatic nitrogens is 6. The van der Waals surface area contributed by atoms with Gasteiger partial charge in [0.2, 0.25) is 5.95 Å². The van der Waals surface area contributed by atoms with E-state index in [1.807, 2.05) is 30.3 Å². The summed E-state index contributed by atoms with van der Waals surface area (Å²) in [4.78, 5) is 29.5. The largest absolute Gasteiger partial charge is 0.493 e. The second-order valence-corrected chi connectivity index (χ2v) is 6.74. The van der Waals surface area contributed by atoms with E-state index in [0.29, 0.717) is 34.4 Å². The highest BCUT2D eigenvalue weighted by Crippen LogP contribution is 2.32. The van der Waals surface area contributed by atoms with E-state index in [1.54, 1.807) is 30.9 Å². The minimum absolute atomic E-state index is 0.169. The number of methoxy groups -OCH3 is 2. The smallest absolute Gasteiger partial charge is 0.295 e. The average Bonchev–Trinajstić information content (AvgIpc) is 3.19. The van der Waals surface area contributed by atoms with Crippen LogP contribution in [-0.2, 0) is 0 Å². The van der Waals surface area contributed by atoms with Crippen molar-refractivity contribution in [1.29, 1.82) is 0 Å². The molecule has 10 heteroatoms. The van der Waals surface area contributed by atoms with Gasteiger partial charge in [-0.1, -0.05) is 12.1 Å². The SMILES string of the molecule is COc1ccc(-c2nc3c4ccccc4nc(Nc4cnccnc4=O)n3n2)cc1OC. The van der Waals surface area contributed by atoms with Crippen molar-refractivity contribution in [2.45, 2.75) is 0 Å². The molecule has 0 unspecified atom stereocenters. The van der Waals surface area contributed by atoms with Gasteiger partial charge in [-0.3, -0.25) is 9.78 Å². The van der Waals surface area contributed by atoms with Crippen molar-refractivity contribution in [3.8, 4) is 22.9 Å². The molecule has 3 aromatic heterocycles. The maximum Gasteiger partial charge on any atom is 0.295 e. The quantitative estimate of drug-likeness (QED) is 0.452. The second-order valence-electron chi connectivity index (χ2n) is 6.74. The zero-order chi connectivity index (χ0) is 22.1. The van der Waals surface area contributed by atoms with Crippen molar-refractivity contribution in [1.82, 2.24) is 29.5 Å². The molecule has 32 heavy (non-hydrogen) atoms. The molecule has 0 aliphatic heterocycles. The summed E-state index contributed by atoms with van der Waals surface area (Å²) in [6, 6.07) is 13.0. The van der Waals surface area contributed by atoms with Gasteiger partial charge in [0.25, 0.3) is 5.56 Å². The van der Waals surface area contributed by atoms with Gasteiger partial charge in [0.1, 0.15) is 5.69 Å². The van der Waals surface area contributed by atoms with Crippen LogP contribution in [0.15, 0.2) is 65.8 Å². The fourth-order valence-electron chi connectivity index (χ4n) is 3.32. The first-order valence-corrected chi connectivity index (χ1v) is 9.63. The molecular weight excluding hydrogens is 410 g/mol. The van der Waals surface area contributed by atoms with Gasteiger partial charge in [-0.05, 0) is 30.3 Å². The van der Waals surface area contributed by atoms with Gasteiger partial charge >= 0.3 is 0 Å². The van der Waals surface area contributed by atoms with E-state index in [1.165, 1.54) is 18.6 Å². The lowest BCUT2D eigenvalue weighted by Gasteiger charge is -2.07. The summed E-state index contributed by atoms with van der Waals surface area (Å²) in [5.41, 5.74) is 1.72. The summed E-state index contributed by atoms with van der Waals surface area (Å²) >= 11 is 0. The molecule has 0 aliphatic carbocycles. The van der Waals surface area contributed by atoms with Gasteiger partial charge in [0.05, 0.1) is 25.9 Å². The molecule has 0 saturated carbocycles. The van der Waals surface area contributed by atoms with Crippen LogP contribution in [0.5, 0.6) is 11.5 Å². The number of para-hydroxylation sites is 1. The summed E-state index contributed by atoms with van der Waals surface area (Å²) in [7, 11) is 3.15. The van der Waals surface area contributed by atoms with E-state index in [2.05, 4.69) is 25.4 Å². The van der Waals surface area contributed by atoms with Crippen LogP contribution in [0.2, 0.25) is 0 Å². The Kier molecular flexibility index (Phi) is 4.79. The topological polar surface area (TPSA) is 116 Å². The van der Waals surface area contributed by atoms with E-state index in [-0.39, 0.29) is 5.69 Å². The zero-order valence-electron chi connectivity index (χ0n) is 17.2. The first kappa shape index (κ1) is 19.4. The van der Waals surface area contributed by atoms with Crippen molar-refractivity contribution in [3.05, 3.63) is 71.4 Å². The number of nitrogens with one attached hydrogen (secondary N) is 1. The van der Waals surface area contributed by atoms with Gasteiger partial charge < -0.3 is 14.8 Å². The number of rotatable bonds is 5. The molecule has 5 aromatic rings. The summed E-state index contributed by atoms with van der Waals surface area (Å²) in [5.74, 6) is 1.94. The van der Waals surface area contributed by atoms with E-state index < -0.39 is 5.56 Å². The third kappa shape index (κ3) is 3.33. The fourth-order valence-corrected chi connectivity index (χ4v) is 3.32. The first-order valence-electron chi connectivity index (χ1n) is 9.63. The number of ether oxygens (including phenoxy) is 2. The van der Waals surface area contributed by atoms with Crippen LogP contribution in [0.4, 0.5) is 11.6 Å². The van der Waals surface area contributed by atoms with Crippen LogP contribution in [-0.4, -0.2) is 43.8 Å². The molecule has 0 bridgehead atoms. The minimum atomic E-state index is -0.467. The molecule has 0 amide bonds. The fraction of sp³-hybridized carbons (Fsp3) is 0.0909. The Morgan fingerprint density at radius 1 is 0.969 bits per heavy atom. The average molecular weight is 427 g/mol. The predicted octanol–water partition coefficient (Wildman–Crippen LogP) is 2.86. The van der Waals surface area contributed by atoms with Crippen LogP contribution < -0.4 is 20.3 Å². The highest BCUT2D eigenvalue weighted by atomic mass is 16.5. The third-order valence-corrected chi connectivity index (χ3v) is 4.85. The lowest BCUT2D eigenvalue weighted by atomic mass is 10.2. The van der Waals surface area contributed by atoms with Crippen LogP contribution in [0.3, 0.4) is 0 Å². The Morgan fingerprint density at radius 3 is 2.66 bits per heavy atom. The molecule has 0 spiro atoms. The Hall–Kier alpha value is -4.60. The van der Waals surface area contributed by atoms with E-state index in [0.717, 1.165) is 10.9 Å². The molecule has 1 N–H and O–H groups in total. The van der Waals surface area contributed by atoms with E-state index in [4.69, 9.17) is 14.5 Å². The number of fused-ring (bicyclic) bond motifs is 3. The van der Waals surface area contributed by atoms with Crippen LogP contribution in [0, 0.1) is 0 Å². The predicted molar refractivity (Wildman–Crippen MR) is 118 cm³/mol. The molecule has 3 heterocycles. The van der Waals surface area contributed by atoms with E-state index >= 15 is 0 Å². The van der Waals surface area contributed by atoms with Crippen LogP contribution in [0.1, 0.15) is 0 Å². The number of benzene rings is 2. The van der Waals surface area contributed by atoms with Gasteiger partial charge in [-0.2, -0.15) is 4.52 Å². The summed E-state index contributed by atoms with van der Waals surface area (Å²) < 4.78 is 12.3. The van der Waals surface area contributed by atoms with Gasteiger partial charge in [-0.25, -0.2) is 15.0 Å². The normalized spacial score (nSPS) is 10.9. The summed E-state index contributed by atoms with van der Waals surface area (Å²) in [6.45, 7) is 0. The van der Waals surface area contributed by atoms with E-state index in [9.17, 15) is 4.79 Å². The van der Waals surface area contributed by atoms with Crippen molar-refractivity contribution in [2.24, 2.45) is 0 Å². The molecule has 0 atom stereocenters. The monoisotopic (exact) mass is 427 g/mol. The van der Waals surface area contributed by atoms with Crippen LogP contribution in [0.25, 0.3) is 27.9 Å².